The van der Waals surface area contributed by atoms with Crippen LogP contribution in [0.3, 0.4) is 0 Å². The lowest BCUT2D eigenvalue weighted by Gasteiger charge is -2.24. The van der Waals surface area contributed by atoms with Crippen LogP contribution in [0.4, 0.5) is 5.82 Å². The summed E-state index contributed by atoms with van der Waals surface area (Å²) in [5.74, 6) is 1.90. The van der Waals surface area contributed by atoms with Crippen molar-refractivity contribution in [3.8, 4) is 28.6 Å². The van der Waals surface area contributed by atoms with Gasteiger partial charge in [-0.05, 0) is 56.8 Å². The molecule has 2 saturated heterocycles. The largest absolute Gasteiger partial charge is 0.352 e. The lowest BCUT2D eigenvalue weighted by Crippen LogP contribution is -2.35. The number of nitrogens with one attached hydrogen (secondary N) is 1. The maximum atomic E-state index is 13.6. The molecule has 0 saturated carbocycles. The van der Waals surface area contributed by atoms with Crippen molar-refractivity contribution in [3.63, 3.8) is 0 Å². The van der Waals surface area contributed by atoms with Gasteiger partial charge in [0.1, 0.15) is 0 Å². The summed E-state index contributed by atoms with van der Waals surface area (Å²) in [6.45, 7) is 5.90. The number of nitriles is 1. The van der Waals surface area contributed by atoms with Crippen LogP contribution in [-0.4, -0.2) is 35.7 Å². The van der Waals surface area contributed by atoms with Crippen molar-refractivity contribution in [3.05, 3.63) is 70.0 Å². The molecule has 2 aliphatic rings. The Balaban J connectivity index is 1.64. The molecule has 6 nitrogen and oxygen atoms in total. The molecule has 0 spiro atoms. The van der Waals surface area contributed by atoms with Crippen molar-refractivity contribution < 1.29 is 0 Å². The van der Waals surface area contributed by atoms with Crippen LogP contribution in [0.1, 0.15) is 24.0 Å². The van der Waals surface area contributed by atoms with Crippen molar-refractivity contribution in [1.29, 1.82) is 5.26 Å². The molecule has 0 aliphatic carbocycles. The minimum absolute atomic E-state index is 0.0619. The fraction of sp³-hybridized carbons (Fsp3) is 0.370. The summed E-state index contributed by atoms with van der Waals surface area (Å²) >= 11 is 0. The number of nitrogens with zero attached hydrogens (tertiary/aromatic N) is 4. The minimum atomic E-state index is -0.0619. The average molecular weight is 440 g/mol. The Morgan fingerprint density at radius 2 is 1.58 bits per heavy atom. The van der Waals surface area contributed by atoms with Crippen LogP contribution >= 0.6 is 0 Å². The molecule has 5 rings (SSSR count). The molecule has 2 aromatic carbocycles. The number of hydrogen-bond donors (Lipinski definition) is 1. The molecule has 2 aliphatic heterocycles. The molecule has 3 heterocycles. The molecule has 2 fully saturated rings. The fourth-order valence-corrected chi connectivity index (χ4v) is 5.20. The average Bonchev–Trinajstić information content (AvgIpc) is 3.20. The lowest BCUT2D eigenvalue weighted by atomic mass is 9.92. The zero-order valence-electron chi connectivity index (χ0n) is 19.2. The van der Waals surface area contributed by atoms with Gasteiger partial charge in [0.2, 0.25) is 0 Å². The number of rotatable bonds is 3. The highest BCUT2D eigenvalue weighted by Crippen LogP contribution is 2.33. The van der Waals surface area contributed by atoms with Gasteiger partial charge in [0.15, 0.2) is 5.82 Å². The molecule has 0 bridgehead atoms. The first-order valence-electron chi connectivity index (χ1n) is 11.7. The monoisotopic (exact) mass is 439 g/mol. The fourth-order valence-electron chi connectivity index (χ4n) is 5.20. The van der Waals surface area contributed by atoms with Gasteiger partial charge in [0.25, 0.3) is 5.56 Å². The van der Waals surface area contributed by atoms with E-state index in [4.69, 9.17) is 4.98 Å². The second-order valence-electron chi connectivity index (χ2n) is 9.29. The van der Waals surface area contributed by atoms with E-state index >= 15 is 0 Å². The van der Waals surface area contributed by atoms with Gasteiger partial charge in [-0.1, -0.05) is 42.0 Å². The summed E-state index contributed by atoms with van der Waals surface area (Å²) in [6.07, 6.45) is 2.16. The molecule has 6 heteroatoms. The predicted octanol–water partition coefficient (Wildman–Crippen LogP) is 3.73. The molecule has 3 aromatic rings. The number of benzene rings is 2. The Kier molecular flexibility index (Phi) is 5.74. The van der Waals surface area contributed by atoms with Crippen molar-refractivity contribution in [2.75, 3.05) is 31.1 Å². The van der Waals surface area contributed by atoms with E-state index in [-0.39, 0.29) is 5.56 Å². The molecule has 0 amide bonds. The number of hydrogen-bond acceptors (Lipinski definition) is 5. The first-order chi connectivity index (χ1) is 16.0. The molecule has 33 heavy (non-hydrogen) atoms. The first kappa shape index (κ1) is 21.4. The number of aryl methyl sites for hydroxylation is 1. The maximum Gasteiger partial charge on any atom is 0.293 e. The summed E-state index contributed by atoms with van der Waals surface area (Å²) in [6, 6.07) is 17.8. The third kappa shape index (κ3) is 4.05. The van der Waals surface area contributed by atoms with Crippen LogP contribution in [0.25, 0.3) is 22.5 Å². The number of anilines is 1. The van der Waals surface area contributed by atoms with Crippen LogP contribution < -0.4 is 15.8 Å². The van der Waals surface area contributed by atoms with Crippen LogP contribution in [-0.2, 0) is 7.05 Å². The van der Waals surface area contributed by atoms with E-state index in [2.05, 4.69) is 35.3 Å². The van der Waals surface area contributed by atoms with Gasteiger partial charge in [-0.2, -0.15) is 5.26 Å². The predicted molar refractivity (Wildman–Crippen MR) is 131 cm³/mol. The number of aromatic nitrogens is 2. The first-order valence-corrected chi connectivity index (χ1v) is 11.7. The standard InChI is InChI=1S/C27H29N5O/c1-18-3-7-21(8-4-18)25-24(20-9-5-19(15-28)6-10-20)30-26(27(33)31(25)2)32-13-11-22-16-29-17-23(22)12-14-32/h3-10,22-23,29H,11-14,16-17H2,1-2H3. The molecular formula is C27H29N5O. The third-order valence-corrected chi connectivity index (χ3v) is 7.20. The van der Waals surface area contributed by atoms with Crippen molar-refractivity contribution >= 4 is 5.82 Å². The van der Waals surface area contributed by atoms with Gasteiger partial charge >= 0.3 is 0 Å². The van der Waals surface area contributed by atoms with Gasteiger partial charge in [-0.25, -0.2) is 4.98 Å². The summed E-state index contributed by atoms with van der Waals surface area (Å²) in [5.41, 5.74) is 5.13. The van der Waals surface area contributed by atoms with Gasteiger partial charge in [-0.15, -0.1) is 0 Å². The Labute approximate surface area is 194 Å². The van der Waals surface area contributed by atoms with E-state index < -0.39 is 0 Å². The van der Waals surface area contributed by atoms with E-state index in [1.54, 1.807) is 16.7 Å². The van der Waals surface area contributed by atoms with E-state index in [1.807, 2.05) is 31.3 Å². The minimum Gasteiger partial charge on any atom is -0.352 e. The van der Waals surface area contributed by atoms with Crippen LogP contribution in [0.2, 0.25) is 0 Å². The second-order valence-corrected chi connectivity index (χ2v) is 9.29. The Bertz CT molecular complexity index is 1240. The SMILES string of the molecule is Cc1ccc(-c2c(-c3ccc(C#N)cc3)nc(N3CCC4CNCC4CC3)c(=O)n2C)cc1. The lowest BCUT2D eigenvalue weighted by molar-refractivity contribution is 0.409. The highest BCUT2D eigenvalue weighted by molar-refractivity contribution is 5.79. The molecular weight excluding hydrogens is 410 g/mol. The smallest absolute Gasteiger partial charge is 0.293 e. The normalized spacial score (nSPS) is 20.2. The van der Waals surface area contributed by atoms with Gasteiger partial charge in [0.05, 0.1) is 23.0 Å². The Hall–Kier alpha value is -3.43. The van der Waals surface area contributed by atoms with Crippen LogP contribution in [0.5, 0.6) is 0 Å². The van der Waals surface area contributed by atoms with E-state index in [0.717, 1.165) is 67.1 Å². The summed E-state index contributed by atoms with van der Waals surface area (Å²) in [7, 11) is 1.84. The summed E-state index contributed by atoms with van der Waals surface area (Å²) < 4.78 is 1.74. The molecule has 168 valence electrons. The van der Waals surface area contributed by atoms with E-state index in [0.29, 0.717) is 23.2 Å². The summed E-state index contributed by atoms with van der Waals surface area (Å²) in [5, 5.41) is 12.7. The van der Waals surface area contributed by atoms with Gasteiger partial charge in [-0.3, -0.25) is 4.79 Å². The molecule has 2 unspecified atom stereocenters. The van der Waals surface area contributed by atoms with Gasteiger partial charge in [0, 0.05) is 31.3 Å². The van der Waals surface area contributed by atoms with Gasteiger partial charge < -0.3 is 14.8 Å². The zero-order valence-corrected chi connectivity index (χ0v) is 19.2. The van der Waals surface area contributed by atoms with Crippen molar-refractivity contribution in [2.24, 2.45) is 18.9 Å². The molecule has 2 atom stereocenters. The highest BCUT2D eigenvalue weighted by Gasteiger charge is 2.31. The topological polar surface area (TPSA) is 74.0 Å². The van der Waals surface area contributed by atoms with E-state index in [1.165, 1.54) is 0 Å². The molecule has 1 N–H and O–H groups in total. The zero-order chi connectivity index (χ0) is 22.9. The van der Waals surface area contributed by atoms with Crippen LogP contribution in [0.15, 0.2) is 53.3 Å². The quantitative estimate of drug-likeness (QED) is 0.673. The summed E-state index contributed by atoms with van der Waals surface area (Å²) in [4.78, 5) is 20.8. The molecule has 0 radical (unpaired) electrons. The third-order valence-electron chi connectivity index (χ3n) is 7.20. The Morgan fingerprint density at radius 3 is 2.18 bits per heavy atom. The maximum absolute atomic E-state index is 13.6. The van der Waals surface area contributed by atoms with E-state index in [9.17, 15) is 10.1 Å². The number of fused-ring (bicyclic) bond motifs is 1. The molecule has 1 aromatic heterocycles. The Morgan fingerprint density at radius 1 is 0.970 bits per heavy atom. The van der Waals surface area contributed by atoms with Crippen LogP contribution in [0, 0.1) is 30.1 Å². The van der Waals surface area contributed by atoms with Crippen molar-refractivity contribution in [2.45, 2.75) is 19.8 Å². The highest BCUT2D eigenvalue weighted by atomic mass is 16.1. The second kappa shape index (κ2) is 8.84. The van der Waals surface area contributed by atoms with Crippen molar-refractivity contribution in [1.82, 2.24) is 14.9 Å².